The fraction of sp³-hybridized carbons (Fsp3) is 0.238. The fourth-order valence-electron chi connectivity index (χ4n) is 4.76. The van der Waals surface area contributed by atoms with Crippen LogP contribution in [0.4, 0.5) is 19.1 Å². The Balaban J connectivity index is 2.16. The van der Waals surface area contributed by atoms with Gasteiger partial charge in [0.25, 0.3) is 0 Å². The Morgan fingerprint density at radius 2 is 1.42 bits per heavy atom. The van der Waals surface area contributed by atoms with E-state index in [2.05, 4.69) is 22.9 Å². The molecule has 36 heavy (non-hydrogen) atoms. The Morgan fingerprint density at radius 3 is 1.94 bits per heavy atom. The number of nitrogens with zero attached hydrogens (tertiary/aromatic N) is 5. The van der Waals surface area contributed by atoms with E-state index in [-0.39, 0.29) is 11.6 Å². The van der Waals surface area contributed by atoms with E-state index < -0.39 is 24.8 Å². The highest BCUT2D eigenvalue weighted by atomic mass is 19.4. The minimum atomic E-state index is -4.43. The zero-order chi connectivity index (χ0) is 26.7. The number of nitrogens with two attached hydrogens (primary N) is 1. The third-order valence-corrected chi connectivity index (χ3v) is 6.97. The Kier molecular flexibility index (Phi) is 6.39. The quantitative estimate of drug-likeness (QED) is 0.292. The number of benzene rings is 1. The molecule has 0 amide bonds. The van der Waals surface area contributed by atoms with Gasteiger partial charge in [0.2, 0.25) is 5.95 Å². The average molecular weight is 488 g/mol. The zero-order valence-corrected chi connectivity index (χ0v) is 21.4. The van der Waals surface area contributed by atoms with E-state index in [0.717, 1.165) is 47.9 Å². The van der Waals surface area contributed by atoms with Crippen LogP contribution in [0.15, 0.2) is 16.9 Å². The van der Waals surface area contributed by atoms with E-state index in [9.17, 15) is 18.0 Å². The molecule has 3 aromatic heterocycles. The topological polar surface area (TPSA) is 91.1 Å². The summed E-state index contributed by atoms with van der Waals surface area (Å²) in [5.41, 5.74) is 15.2. The lowest BCUT2D eigenvalue weighted by Gasteiger charge is -2.22. The molecule has 2 N–H and O–H groups in total. The monoisotopic (exact) mass is 488 g/mol. The minimum Gasteiger partial charge on any atom is -0.369 e. The Hall–Kier alpha value is -3.37. The molecule has 15 heteroatoms. The predicted octanol–water partition coefficient (Wildman–Crippen LogP) is -4.94. The highest BCUT2D eigenvalue weighted by Crippen LogP contribution is 2.33. The molecule has 4 rings (SSSR count). The van der Waals surface area contributed by atoms with Crippen LogP contribution in [0, 0.1) is 13.8 Å². The maximum Gasteiger partial charge on any atom is 0.390 e. The molecule has 0 saturated heterocycles. The smallest absolute Gasteiger partial charge is 0.369 e. The maximum atomic E-state index is 13.1. The summed E-state index contributed by atoms with van der Waals surface area (Å²) in [4.78, 5) is 22.2. The number of pyridine rings is 1. The molecule has 3 heterocycles. The SMILES string of the molecule is Bc1c(B)c(B)c(-c2nc(N)n3c(=O)n(CCC(F)(F)F)nc3c2-c2cc(C)nc(C)c2)c(B)c1B. The van der Waals surface area contributed by atoms with Crippen LogP contribution in [0.1, 0.15) is 17.8 Å². The molecular weight excluding hydrogens is 463 g/mol. The molecule has 1 aromatic carbocycles. The van der Waals surface area contributed by atoms with Gasteiger partial charge in [0.15, 0.2) is 5.65 Å². The summed E-state index contributed by atoms with van der Waals surface area (Å²) in [6.45, 7) is 3.08. The van der Waals surface area contributed by atoms with Crippen LogP contribution in [0.25, 0.3) is 28.0 Å². The third-order valence-electron chi connectivity index (χ3n) is 6.97. The number of aromatic nitrogens is 5. The summed E-state index contributed by atoms with van der Waals surface area (Å²) in [6.07, 6.45) is -5.62. The molecule has 0 unspecified atom stereocenters. The van der Waals surface area contributed by atoms with Crippen molar-refractivity contribution in [2.24, 2.45) is 0 Å². The lowest BCUT2D eigenvalue weighted by molar-refractivity contribution is -0.137. The summed E-state index contributed by atoms with van der Waals surface area (Å²) in [5, 5.41) is 4.35. The molecule has 7 nitrogen and oxygen atoms in total. The molecule has 0 radical (unpaired) electrons. The summed E-state index contributed by atoms with van der Waals surface area (Å²) < 4.78 is 40.7. The Labute approximate surface area is 210 Å². The molecule has 180 valence electrons. The second-order valence-electron chi connectivity index (χ2n) is 9.36. The van der Waals surface area contributed by atoms with E-state index in [1.807, 2.05) is 57.4 Å². The molecule has 4 aromatic rings. The van der Waals surface area contributed by atoms with E-state index in [1.54, 1.807) is 0 Å². The van der Waals surface area contributed by atoms with Crippen molar-refractivity contribution in [1.29, 1.82) is 0 Å². The number of hydrogen-bond acceptors (Lipinski definition) is 5. The minimum absolute atomic E-state index is 0.135. The van der Waals surface area contributed by atoms with Gasteiger partial charge in [-0.15, -0.1) is 21.5 Å². The number of aryl methyl sites for hydroxylation is 3. The van der Waals surface area contributed by atoms with Crippen LogP contribution in [0.3, 0.4) is 0 Å². The molecule has 0 aliphatic heterocycles. The number of anilines is 1. The van der Waals surface area contributed by atoms with Crippen molar-refractivity contribution >= 4 is 78.1 Å². The largest absolute Gasteiger partial charge is 0.390 e. The van der Waals surface area contributed by atoms with Crippen LogP contribution >= 0.6 is 0 Å². The first-order chi connectivity index (χ1) is 16.7. The fourth-order valence-corrected chi connectivity index (χ4v) is 4.76. The number of hydrogen-bond donors (Lipinski definition) is 1. The summed E-state index contributed by atoms with van der Waals surface area (Å²) >= 11 is 0. The summed E-state index contributed by atoms with van der Waals surface area (Å²) in [5.74, 6) is -0.135. The first kappa shape index (κ1) is 25.7. The van der Waals surface area contributed by atoms with Gasteiger partial charge in [-0.05, 0) is 37.1 Å². The third kappa shape index (κ3) is 4.35. The molecule has 0 aliphatic rings. The number of nitrogen functional groups attached to an aromatic ring is 1. The highest BCUT2D eigenvalue weighted by molar-refractivity contribution is 6.68. The van der Waals surface area contributed by atoms with Gasteiger partial charge < -0.3 is 5.73 Å². The van der Waals surface area contributed by atoms with Crippen LogP contribution in [0.5, 0.6) is 0 Å². The van der Waals surface area contributed by atoms with E-state index in [1.165, 1.54) is 5.46 Å². The lowest BCUT2D eigenvalue weighted by Crippen LogP contribution is -2.55. The Morgan fingerprint density at radius 1 is 0.889 bits per heavy atom. The second kappa shape index (κ2) is 8.94. The van der Waals surface area contributed by atoms with Gasteiger partial charge >= 0.3 is 11.9 Å². The zero-order valence-electron chi connectivity index (χ0n) is 21.4. The number of rotatable bonds is 4. The average Bonchev–Trinajstić information content (AvgIpc) is 3.10. The van der Waals surface area contributed by atoms with Gasteiger partial charge in [-0.3, -0.25) is 4.98 Å². The van der Waals surface area contributed by atoms with Crippen molar-refractivity contribution in [3.63, 3.8) is 0 Å². The van der Waals surface area contributed by atoms with E-state index in [0.29, 0.717) is 16.8 Å². The van der Waals surface area contributed by atoms with Gasteiger partial charge in [0.05, 0.1) is 24.2 Å². The molecule has 0 atom stereocenters. The first-order valence-corrected chi connectivity index (χ1v) is 11.6. The van der Waals surface area contributed by atoms with Crippen molar-refractivity contribution in [2.75, 3.05) is 5.73 Å². The number of fused-ring (bicyclic) bond motifs is 1. The summed E-state index contributed by atoms with van der Waals surface area (Å²) in [7, 11) is 10.2. The highest BCUT2D eigenvalue weighted by Gasteiger charge is 2.29. The van der Waals surface area contributed by atoms with Gasteiger partial charge in [-0.25, -0.2) is 18.9 Å². The van der Waals surface area contributed by atoms with Crippen LogP contribution in [0.2, 0.25) is 0 Å². The molecule has 0 aliphatic carbocycles. The van der Waals surface area contributed by atoms with Crippen molar-refractivity contribution < 1.29 is 13.2 Å². The van der Waals surface area contributed by atoms with Crippen molar-refractivity contribution in [3.05, 3.63) is 34.0 Å². The van der Waals surface area contributed by atoms with E-state index >= 15 is 0 Å². The van der Waals surface area contributed by atoms with Gasteiger partial charge in [0.1, 0.15) is 39.2 Å². The van der Waals surface area contributed by atoms with Gasteiger partial charge in [-0.2, -0.15) is 13.2 Å². The first-order valence-electron chi connectivity index (χ1n) is 11.6. The Bertz CT molecular complexity index is 1550. The normalized spacial score (nSPS) is 11.9. The molecule has 0 spiro atoms. The lowest BCUT2D eigenvalue weighted by atomic mass is 9.60. The molecular formula is C21H24B5F3N6O. The van der Waals surface area contributed by atoms with Gasteiger partial charge in [-0.1, -0.05) is 10.9 Å². The molecule has 0 bridgehead atoms. The van der Waals surface area contributed by atoms with E-state index in [4.69, 9.17) is 5.73 Å². The standard InChI is InChI=1S/C21H24B5F3N6O/c1-7-5-9(6-8(2)31-7)10-17(11-12(22)14(24)16(26)15(25)13(11)23)32-19(30)35-18(10)33-34(20(35)36)4-3-21(27,28)29/h5-6H,3-4,22-26H2,1-2H3,(H2,30,32). The van der Waals surface area contributed by atoms with Crippen LogP contribution < -0.4 is 38.7 Å². The van der Waals surface area contributed by atoms with Crippen LogP contribution in [-0.2, 0) is 6.54 Å². The molecule has 0 fully saturated rings. The second-order valence-corrected chi connectivity index (χ2v) is 9.36. The number of halogens is 3. The van der Waals surface area contributed by atoms with Crippen LogP contribution in [-0.4, -0.2) is 69.6 Å². The van der Waals surface area contributed by atoms with Crippen molar-refractivity contribution in [1.82, 2.24) is 24.1 Å². The van der Waals surface area contributed by atoms with Crippen molar-refractivity contribution in [2.45, 2.75) is 33.0 Å². The van der Waals surface area contributed by atoms with Crippen molar-refractivity contribution in [3.8, 4) is 22.4 Å². The number of alkyl halides is 3. The predicted molar refractivity (Wildman–Crippen MR) is 151 cm³/mol. The van der Waals surface area contributed by atoms with Gasteiger partial charge in [0, 0.05) is 11.4 Å². The summed E-state index contributed by atoms with van der Waals surface area (Å²) in [6, 6.07) is 3.70. The maximum absolute atomic E-state index is 13.1. The molecule has 0 saturated carbocycles.